The van der Waals surface area contributed by atoms with Crippen molar-refractivity contribution in [2.45, 2.75) is 63.6 Å². The Bertz CT molecular complexity index is 1230. The standard InChI is InChI=1S/C24H28N6O2S/c1-15-11-18(30(27-15)20-5-3-4-9-32-20)21-22-23(33-28-21)17(24(14-25)6-7-24)12-19(26-22)29-8-10-31-13-16(29)2/h11-12,16,20H,3-10,13H2,1-2H3/t16-,20?/m0/s1. The molecule has 2 atom stereocenters. The monoisotopic (exact) mass is 464 g/mol. The molecular weight excluding hydrogens is 436 g/mol. The molecule has 0 bridgehead atoms. The Hall–Kier alpha value is -2.54. The Morgan fingerprint density at radius 2 is 2.12 bits per heavy atom. The number of anilines is 1. The summed E-state index contributed by atoms with van der Waals surface area (Å²) in [5.74, 6) is 0.910. The minimum atomic E-state index is -0.419. The lowest BCUT2D eigenvalue weighted by molar-refractivity contribution is -0.0385. The first-order chi connectivity index (χ1) is 16.1. The summed E-state index contributed by atoms with van der Waals surface area (Å²) in [4.78, 5) is 7.44. The van der Waals surface area contributed by atoms with Crippen molar-refractivity contribution in [1.29, 1.82) is 5.26 Å². The van der Waals surface area contributed by atoms with E-state index in [4.69, 9.17) is 23.9 Å². The topological polar surface area (TPSA) is 89.1 Å². The van der Waals surface area contributed by atoms with Crippen LogP contribution in [0.1, 0.15) is 56.5 Å². The van der Waals surface area contributed by atoms with Gasteiger partial charge in [0.05, 0.1) is 46.8 Å². The predicted octanol–water partition coefficient (Wildman–Crippen LogP) is 4.34. The summed E-state index contributed by atoms with van der Waals surface area (Å²) >= 11 is 1.45. The van der Waals surface area contributed by atoms with Crippen molar-refractivity contribution in [3.8, 4) is 17.5 Å². The number of fused-ring (bicyclic) bond motifs is 1. The van der Waals surface area contributed by atoms with Crippen LogP contribution in [0, 0.1) is 18.3 Å². The Balaban J connectivity index is 1.53. The van der Waals surface area contributed by atoms with E-state index in [1.54, 1.807) is 0 Å². The lowest BCUT2D eigenvalue weighted by atomic mass is 9.97. The van der Waals surface area contributed by atoms with Crippen LogP contribution in [-0.4, -0.2) is 51.5 Å². The molecule has 0 radical (unpaired) electrons. The molecule has 2 saturated heterocycles. The van der Waals surface area contributed by atoms with Crippen molar-refractivity contribution >= 4 is 27.6 Å². The Kier molecular flexibility index (Phi) is 5.13. The van der Waals surface area contributed by atoms with E-state index < -0.39 is 5.41 Å². The summed E-state index contributed by atoms with van der Waals surface area (Å²) in [5, 5.41) is 14.8. The zero-order chi connectivity index (χ0) is 22.6. The third-order valence-corrected chi connectivity index (χ3v) is 7.95. The van der Waals surface area contributed by atoms with E-state index in [2.05, 4.69) is 30.0 Å². The molecule has 9 heteroatoms. The van der Waals surface area contributed by atoms with Gasteiger partial charge in [0.25, 0.3) is 0 Å². The molecule has 3 aromatic rings. The highest BCUT2D eigenvalue weighted by atomic mass is 32.1. The van der Waals surface area contributed by atoms with Crippen molar-refractivity contribution in [3.05, 3.63) is 23.4 Å². The van der Waals surface area contributed by atoms with Crippen LogP contribution in [0.4, 0.5) is 5.82 Å². The summed E-state index contributed by atoms with van der Waals surface area (Å²) in [5.41, 5.74) is 4.24. The molecule has 0 spiro atoms. The fraction of sp³-hybridized carbons (Fsp3) is 0.583. The van der Waals surface area contributed by atoms with E-state index in [9.17, 15) is 5.26 Å². The Labute approximate surface area is 197 Å². The number of nitrogens with zero attached hydrogens (tertiary/aromatic N) is 6. The maximum Gasteiger partial charge on any atom is 0.150 e. The third kappa shape index (κ3) is 3.52. The fourth-order valence-electron chi connectivity index (χ4n) is 5.04. The van der Waals surface area contributed by atoms with E-state index >= 15 is 0 Å². The van der Waals surface area contributed by atoms with E-state index in [1.807, 2.05) is 11.6 Å². The van der Waals surface area contributed by atoms with Gasteiger partial charge in [-0.1, -0.05) is 0 Å². The van der Waals surface area contributed by atoms with Gasteiger partial charge < -0.3 is 14.4 Å². The molecule has 3 fully saturated rings. The SMILES string of the molecule is Cc1cc(-c2nsc3c(C4(C#N)CC4)cc(N4CCOC[C@@H]4C)nc23)n(C2CCCCO2)n1. The highest BCUT2D eigenvalue weighted by Crippen LogP contribution is 2.52. The normalized spacial score (nSPS) is 24.7. The largest absolute Gasteiger partial charge is 0.377 e. The van der Waals surface area contributed by atoms with Crippen molar-refractivity contribution in [2.24, 2.45) is 0 Å². The zero-order valence-electron chi connectivity index (χ0n) is 19.1. The number of nitriles is 1. The number of pyridine rings is 1. The second-order valence-corrected chi connectivity index (χ2v) is 10.3. The van der Waals surface area contributed by atoms with Crippen LogP contribution in [0.25, 0.3) is 21.6 Å². The number of hydrogen-bond acceptors (Lipinski definition) is 8. The van der Waals surface area contributed by atoms with Gasteiger partial charge in [0.15, 0.2) is 6.23 Å². The summed E-state index contributed by atoms with van der Waals surface area (Å²) in [6, 6.07) is 7.03. The molecule has 0 aromatic carbocycles. The molecule has 3 aliphatic rings. The molecular formula is C24H28N6O2S. The maximum absolute atomic E-state index is 10.0. The van der Waals surface area contributed by atoms with Gasteiger partial charge >= 0.3 is 0 Å². The average molecular weight is 465 g/mol. The van der Waals surface area contributed by atoms with Gasteiger partial charge in [-0.05, 0) is 75.2 Å². The van der Waals surface area contributed by atoms with E-state index in [0.717, 1.165) is 83.9 Å². The molecule has 33 heavy (non-hydrogen) atoms. The number of aromatic nitrogens is 4. The Morgan fingerprint density at radius 1 is 1.24 bits per heavy atom. The quantitative estimate of drug-likeness (QED) is 0.567. The lowest BCUT2D eigenvalue weighted by Gasteiger charge is -2.34. The number of ether oxygens (including phenoxy) is 2. The number of morpholine rings is 1. The molecule has 0 amide bonds. The summed E-state index contributed by atoms with van der Waals surface area (Å²) in [7, 11) is 0. The number of rotatable bonds is 4. The zero-order valence-corrected chi connectivity index (χ0v) is 19.9. The minimum absolute atomic E-state index is 0.0741. The smallest absolute Gasteiger partial charge is 0.150 e. The van der Waals surface area contributed by atoms with Crippen molar-refractivity contribution < 1.29 is 9.47 Å². The lowest BCUT2D eigenvalue weighted by Crippen LogP contribution is -2.44. The van der Waals surface area contributed by atoms with Crippen molar-refractivity contribution in [3.63, 3.8) is 0 Å². The second kappa shape index (κ2) is 8.05. The van der Waals surface area contributed by atoms with Crippen LogP contribution >= 0.6 is 11.5 Å². The van der Waals surface area contributed by atoms with Gasteiger partial charge in [-0.3, -0.25) is 0 Å². The van der Waals surface area contributed by atoms with E-state index in [0.29, 0.717) is 13.2 Å². The van der Waals surface area contributed by atoms with Gasteiger partial charge in [-0.2, -0.15) is 14.7 Å². The van der Waals surface area contributed by atoms with Crippen LogP contribution in [0.15, 0.2) is 12.1 Å². The molecule has 1 unspecified atom stereocenters. The third-order valence-electron chi connectivity index (χ3n) is 7.08. The molecule has 8 nitrogen and oxygen atoms in total. The fourth-order valence-corrected chi connectivity index (χ4v) is 5.99. The highest BCUT2D eigenvalue weighted by molar-refractivity contribution is 7.13. The van der Waals surface area contributed by atoms with Crippen LogP contribution in [-0.2, 0) is 14.9 Å². The van der Waals surface area contributed by atoms with Gasteiger partial charge in [0, 0.05) is 13.2 Å². The molecule has 0 N–H and O–H groups in total. The summed E-state index contributed by atoms with van der Waals surface area (Å²) in [6.45, 7) is 7.08. The Morgan fingerprint density at radius 3 is 2.85 bits per heavy atom. The number of aryl methyl sites for hydroxylation is 1. The van der Waals surface area contributed by atoms with Gasteiger partial charge in [-0.15, -0.1) is 0 Å². The molecule has 172 valence electrons. The molecule has 2 aliphatic heterocycles. The molecule has 6 rings (SSSR count). The molecule has 1 aliphatic carbocycles. The minimum Gasteiger partial charge on any atom is -0.377 e. The van der Waals surface area contributed by atoms with Gasteiger partial charge in [-0.25, -0.2) is 9.67 Å². The maximum atomic E-state index is 10.0. The van der Waals surface area contributed by atoms with Crippen LogP contribution in [0.2, 0.25) is 0 Å². The van der Waals surface area contributed by atoms with Crippen LogP contribution in [0.3, 0.4) is 0 Å². The second-order valence-electron chi connectivity index (χ2n) is 9.48. The molecule has 1 saturated carbocycles. The molecule has 5 heterocycles. The van der Waals surface area contributed by atoms with Crippen molar-refractivity contribution in [2.75, 3.05) is 31.3 Å². The van der Waals surface area contributed by atoms with Crippen LogP contribution in [0.5, 0.6) is 0 Å². The average Bonchev–Trinajstić information content (AvgIpc) is 3.38. The van der Waals surface area contributed by atoms with Crippen molar-refractivity contribution in [1.82, 2.24) is 19.1 Å². The van der Waals surface area contributed by atoms with E-state index in [1.165, 1.54) is 11.5 Å². The summed E-state index contributed by atoms with van der Waals surface area (Å²) in [6.07, 6.45) is 4.88. The van der Waals surface area contributed by atoms with Crippen LogP contribution < -0.4 is 4.90 Å². The molecule has 3 aromatic heterocycles. The number of hydrogen-bond donors (Lipinski definition) is 0. The summed E-state index contributed by atoms with van der Waals surface area (Å²) < 4.78 is 19.6. The van der Waals surface area contributed by atoms with E-state index in [-0.39, 0.29) is 12.3 Å². The predicted molar refractivity (Wildman–Crippen MR) is 126 cm³/mol. The first kappa shape index (κ1) is 21.0. The van der Waals surface area contributed by atoms with Gasteiger partial charge in [0.2, 0.25) is 0 Å². The first-order valence-corrected chi connectivity index (χ1v) is 12.6. The highest BCUT2D eigenvalue weighted by Gasteiger charge is 2.47. The first-order valence-electron chi connectivity index (χ1n) is 11.8. The van der Waals surface area contributed by atoms with Gasteiger partial charge in [0.1, 0.15) is 17.0 Å².